The molecule has 0 unspecified atom stereocenters. The molecular formula is C12H15N5O2S. The smallest absolute Gasteiger partial charge is 0.254 e. The van der Waals surface area contributed by atoms with E-state index in [4.69, 9.17) is 0 Å². The number of amides is 1. The number of aryl methyl sites for hydroxylation is 3. The first-order chi connectivity index (χ1) is 9.45. The van der Waals surface area contributed by atoms with E-state index in [1.807, 2.05) is 6.92 Å². The Hall–Kier alpha value is -2.09. The summed E-state index contributed by atoms with van der Waals surface area (Å²) in [6.07, 6.45) is 0.547. The second kappa shape index (κ2) is 5.91. The second-order valence-electron chi connectivity index (χ2n) is 4.39. The van der Waals surface area contributed by atoms with Gasteiger partial charge >= 0.3 is 0 Å². The summed E-state index contributed by atoms with van der Waals surface area (Å²) in [6, 6.07) is 0. The Morgan fingerprint density at radius 3 is 2.65 bits per heavy atom. The lowest BCUT2D eigenvalue weighted by Crippen LogP contribution is -2.20. The van der Waals surface area contributed by atoms with Gasteiger partial charge in [0.1, 0.15) is 10.8 Å². The van der Waals surface area contributed by atoms with Crippen LogP contribution in [0.4, 0.5) is 5.13 Å². The number of aromatic nitrogens is 4. The first kappa shape index (κ1) is 14.3. The molecule has 0 atom stereocenters. The summed E-state index contributed by atoms with van der Waals surface area (Å²) in [7, 11) is 0. The monoisotopic (exact) mass is 293 g/mol. The summed E-state index contributed by atoms with van der Waals surface area (Å²) in [5, 5.41) is 11.5. The number of carbonyl (C=O) groups is 1. The number of hydrogen-bond acceptors (Lipinski definition) is 6. The molecule has 2 N–H and O–H groups in total. The molecule has 0 aromatic carbocycles. The van der Waals surface area contributed by atoms with Crippen LogP contribution in [0.15, 0.2) is 4.79 Å². The van der Waals surface area contributed by atoms with Gasteiger partial charge in [0.15, 0.2) is 0 Å². The van der Waals surface area contributed by atoms with Crippen LogP contribution < -0.4 is 10.9 Å². The summed E-state index contributed by atoms with van der Waals surface area (Å²) in [5.74, 6) is 0.380. The minimum atomic E-state index is -0.194. The highest BCUT2D eigenvalue weighted by Crippen LogP contribution is 2.14. The van der Waals surface area contributed by atoms with Crippen molar-refractivity contribution in [3.05, 3.63) is 32.4 Å². The van der Waals surface area contributed by atoms with Crippen molar-refractivity contribution in [3.8, 4) is 0 Å². The Balaban J connectivity index is 1.99. The molecular weight excluding hydrogens is 278 g/mol. The molecule has 2 aromatic heterocycles. The molecule has 2 rings (SSSR count). The second-order valence-corrected chi connectivity index (χ2v) is 5.57. The van der Waals surface area contributed by atoms with Crippen LogP contribution in [-0.2, 0) is 11.2 Å². The van der Waals surface area contributed by atoms with E-state index in [1.54, 1.807) is 13.8 Å². The van der Waals surface area contributed by atoms with Crippen LogP contribution in [0.5, 0.6) is 0 Å². The van der Waals surface area contributed by atoms with E-state index >= 15 is 0 Å². The maximum absolute atomic E-state index is 11.8. The molecule has 0 aliphatic heterocycles. The van der Waals surface area contributed by atoms with Crippen LogP contribution in [0.1, 0.15) is 28.5 Å². The number of nitrogens with one attached hydrogen (secondary N) is 2. The van der Waals surface area contributed by atoms with Crippen LogP contribution in [0.3, 0.4) is 0 Å². The predicted octanol–water partition coefficient (Wildman–Crippen LogP) is 1.12. The zero-order valence-corrected chi connectivity index (χ0v) is 12.3. The van der Waals surface area contributed by atoms with Crippen molar-refractivity contribution in [2.75, 3.05) is 5.32 Å². The Kier molecular flexibility index (Phi) is 4.23. The standard InChI is InChI=1S/C12H15N5O2S/c1-6-9(11(19)14-7(2)13-6)4-5-10(18)15-12-17-16-8(3)20-12/h4-5H2,1-3H3,(H,13,14,19)(H,15,17,18). The summed E-state index contributed by atoms with van der Waals surface area (Å²) < 4.78 is 0. The highest BCUT2D eigenvalue weighted by atomic mass is 32.1. The Bertz CT molecular complexity index is 691. The van der Waals surface area contributed by atoms with E-state index in [-0.39, 0.29) is 17.9 Å². The number of nitrogens with zero attached hydrogens (tertiary/aromatic N) is 3. The van der Waals surface area contributed by atoms with Gasteiger partial charge in [0.2, 0.25) is 11.0 Å². The van der Waals surface area contributed by atoms with Crippen LogP contribution in [0.2, 0.25) is 0 Å². The highest BCUT2D eigenvalue weighted by molar-refractivity contribution is 7.15. The van der Waals surface area contributed by atoms with Gasteiger partial charge in [-0.3, -0.25) is 9.59 Å². The molecule has 106 valence electrons. The lowest BCUT2D eigenvalue weighted by molar-refractivity contribution is -0.116. The van der Waals surface area contributed by atoms with Gasteiger partial charge in [-0.25, -0.2) is 4.98 Å². The first-order valence-electron chi connectivity index (χ1n) is 6.12. The molecule has 0 fully saturated rings. The van der Waals surface area contributed by atoms with E-state index in [9.17, 15) is 9.59 Å². The molecule has 1 amide bonds. The topological polar surface area (TPSA) is 101 Å². The molecule has 0 aliphatic carbocycles. The van der Waals surface area contributed by atoms with Crippen molar-refractivity contribution in [1.82, 2.24) is 20.2 Å². The van der Waals surface area contributed by atoms with Crippen molar-refractivity contribution >= 4 is 22.4 Å². The van der Waals surface area contributed by atoms with E-state index < -0.39 is 0 Å². The van der Waals surface area contributed by atoms with Crippen LogP contribution in [-0.4, -0.2) is 26.1 Å². The third-order valence-corrected chi connectivity index (χ3v) is 3.47. The number of anilines is 1. The highest BCUT2D eigenvalue weighted by Gasteiger charge is 2.11. The van der Waals surface area contributed by atoms with E-state index in [0.717, 1.165) is 5.01 Å². The van der Waals surface area contributed by atoms with E-state index in [2.05, 4.69) is 25.5 Å². The SMILES string of the molecule is Cc1nc(C)c(CCC(=O)Nc2nnc(C)s2)c(=O)[nH]1. The lowest BCUT2D eigenvalue weighted by atomic mass is 10.1. The normalized spacial score (nSPS) is 10.6. The zero-order valence-electron chi connectivity index (χ0n) is 11.5. The summed E-state index contributed by atoms with van der Waals surface area (Å²) in [4.78, 5) is 30.4. The maximum atomic E-state index is 11.8. The molecule has 0 aliphatic rings. The quantitative estimate of drug-likeness (QED) is 0.879. The minimum Gasteiger partial charge on any atom is -0.311 e. The number of H-pyrrole nitrogens is 1. The fourth-order valence-corrected chi connectivity index (χ4v) is 2.42. The van der Waals surface area contributed by atoms with Gasteiger partial charge < -0.3 is 10.3 Å². The van der Waals surface area contributed by atoms with Gasteiger partial charge in [-0.1, -0.05) is 11.3 Å². The summed E-state index contributed by atoms with van der Waals surface area (Å²) in [5.41, 5.74) is 1.01. The van der Waals surface area contributed by atoms with Crippen molar-refractivity contribution < 1.29 is 4.79 Å². The van der Waals surface area contributed by atoms with Gasteiger partial charge in [0, 0.05) is 17.7 Å². The molecule has 0 saturated carbocycles. The van der Waals surface area contributed by atoms with Gasteiger partial charge in [0.25, 0.3) is 5.56 Å². The van der Waals surface area contributed by atoms with Crippen molar-refractivity contribution in [1.29, 1.82) is 0 Å². The largest absolute Gasteiger partial charge is 0.311 e. The van der Waals surface area contributed by atoms with Crippen molar-refractivity contribution in [2.24, 2.45) is 0 Å². The van der Waals surface area contributed by atoms with E-state index in [0.29, 0.717) is 28.6 Å². The van der Waals surface area contributed by atoms with Crippen LogP contribution in [0.25, 0.3) is 0 Å². The molecule has 0 bridgehead atoms. The predicted molar refractivity (Wildman–Crippen MR) is 75.9 cm³/mol. The zero-order chi connectivity index (χ0) is 14.7. The molecule has 20 heavy (non-hydrogen) atoms. The fraction of sp³-hybridized carbons (Fsp3) is 0.417. The molecule has 0 radical (unpaired) electrons. The van der Waals surface area contributed by atoms with Crippen LogP contribution in [0, 0.1) is 20.8 Å². The molecule has 0 saturated heterocycles. The van der Waals surface area contributed by atoms with Gasteiger partial charge in [-0.2, -0.15) is 0 Å². The van der Waals surface area contributed by atoms with Gasteiger partial charge in [-0.15, -0.1) is 10.2 Å². The fourth-order valence-electron chi connectivity index (χ4n) is 1.81. The van der Waals surface area contributed by atoms with E-state index in [1.165, 1.54) is 11.3 Å². The Labute approximate surface area is 119 Å². The lowest BCUT2D eigenvalue weighted by Gasteiger charge is -2.05. The Morgan fingerprint density at radius 1 is 1.30 bits per heavy atom. The number of carbonyl (C=O) groups excluding carboxylic acids is 1. The number of rotatable bonds is 4. The minimum absolute atomic E-state index is 0.186. The maximum Gasteiger partial charge on any atom is 0.254 e. The number of hydrogen-bond donors (Lipinski definition) is 2. The molecule has 2 aromatic rings. The molecule has 8 heteroatoms. The molecule has 7 nitrogen and oxygen atoms in total. The third-order valence-electron chi connectivity index (χ3n) is 2.72. The van der Waals surface area contributed by atoms with Crippen molar-refractivity contribution in [2.45, 2.75) is 33.6 Å². The van der Waals surface area contributed by atoms with Gasteiger partial charge in [-0.05, 0) is 27.2 Å². The molecule has 2 heterocycles. The van der Waals surface area contributed by atoms with Crippen molar-refractivity contribution in [3.63, 3.8) is 0 Å². The molecule has 0 spiro atoms. The van der Waals surface area contributed by atoms with Crippen LogP contribution >= 0.6 is 11.3 Å². The summed E-state index contributed by atoms with van der Waals surface area (Å²) >= 11 is 1.31. The summed E-state index contributed by atoms with van der Waals surface area (Å²) in [6.45, 7) is 5.31. The number of aromatic amines is 1. The van der Waals surface area contributed by atoms with Gasteiger partial charge in [0.05, 0.1) is 0 Å². The average Bonchev–Trinajstić information content (AvgIpc) is 2.73. The average molecular weight is 293 g/mol. The third kappa shape index (κ3) is 3.47. The Morgan fingerprint density at radius 2 is 2.05 bits per heavy atom. The first-order valence-corrected chi connectivity index (χ1v) is 6.93.